The number of rotatable bonds is 8. The molecule has 26 heavy (non-hydrogen) atoms. The Kier molecular flexibility index (Phi) is 7.07. The lowest BCUT2D eigenvalue weighted by molar-refractivity contribution is -0.114. The largest absolute Gasteiger partial charge is 0.489 e. The van der Waals surface area contributed by atoms with Crippen LogP contribution in [0.2, 0.25) is 0 Å². The van der Waals surface area contributed by atoms with Crippen molar-refractivity contribution in [3.63, 3.8) is 0 Å². The van der Waals surface area contributed by atoms with Crippen LogP contribution >= 0.6 is 0 Å². The van der Waals surface area contributed by atoms with E-state index in [4.69, 9.17) is 20.7 Å². The standard InChI is InChI=1S/C20H20N2O4/c1-4-12-25-16-9-7-10-17(13-16)26-14-15-8-5-6-11-18(15)19(22-24-3)20(23)21-2/h1,5-11,13H,12,14H2,2-3H3,(H,21,23). The highest BCUT2D eigenvalue weighted by atomic mass is 16.6. The van der Waals surface area contributed by atoms with E-state index in [1.54, 1.807) is 18.2 Å². The molecule has 0 saturated carbocycles. The van der Waals surface area contributed by atoms with E-state index in [2.05, 4.69) is 16.4 Å². The van der Waals surface area contributed by atoms with E-state index in [1.165, 1.54) is 14.2 Å². The Balaban J connectivity index is 2.20. The number of nitrogens with one attached hydrogen (secondary N) is 1. The number of hydrogen-bond acceptors (Lipinski definition) is 5. The molecule has 134 valence electrons. The quantitative estimate of drug-likeness (QED) is 0.450. The zero-order valence-corrected chi connectivity index (χ0v) is 14.7. The number of oxime groups is 1. The molecule has 0 spiro atoms. The third-order valence-electron chi connectivity index (χ3n) is 3.42. The van der Waals surface area contributed by atoms with Crippen LogP contribution in [0.15, 0.2) is 53.7 Å². The Morgan fingerprint density at radius 3 is 2.58 bits per heavy atom. The molecule has 6 nitrogen and oxygen atoms in total. The van der Waals surface area contributed by atoms with Crippen molar-refractivity contribution in [3.05, 3.63) is 59.7 Å². The van der Waals surface area contributed by atoms with Gasteiger partial charge in [0.15, 0.2) is 5.71 Å². The third-order valence-corrected chi connectivity index (χ3v) is 3.42. The van der Waals surface area contributed by atoms with E-state index in [0.717, 1.165) is 5.56 Å². The second kappa shape index (κ2) is 9.74. The van der Waals surface area contributed by atoms with Crippen molar-refractivity contribution in [2.45, 2.75) is 6.61 Å². The predicted octanol–water partition coefficient (Wildman–Crippen LogP) is 2.37. The van der Waals surface area contributed by atoms with Gasteiger partial charge in [0.05, 0.1) is 0 Å². The molecule has 0 saturated heterocycles. The fourth-order valence-corrected chi connectivity index (χ4v) is 2.24. The molecule has 2 aromatic carbocycles. The Bertz CT molecular complexity index is 825. The summed E-state index contributed by atoms with van der Waals surface area (Å²) < 4.78 is 11.2. The number of carbonyl (C=O) groups excluding carboxylic acids is 1. The molecule has 6 heteroatoms. The molecule has 0 aliphatic heterocycles. The van der Waals surface area contributed by atoms with Gasteiger partial charge in [-0.15, -0.1) is 6.42 Å². The zero-order chi connectivity index (χ0) is 18.8. The Hall–Kier alpha value is -3.46. The van der Waals surface area contributed by atoms with E-state index in [0.29, 0.717) is 17.1 Å². The van der Waals surface area contributed by atoms with Gasteiger partial charge < -0.3 is 19.6 Å². The molecule has 1 amide bonds. The van der Waals surface area contributed by atoms with Crippen LogP contribution in [0.4, 0.5) is 0 Å². The summed E-state index contributed by atoms with van der Waals surface area (Å²) in [5, 5.41) is 6.39. The first-order valence-electron chi connectivity index (χ1n) is 7.90. The van der Waals surface area contributed by atoms with Crippen LogP contribution in [0.5, 0.6) is 11.5 Å². The van der Waals surface area contributed by atoms with Crippen LogP contribution in [-0.2, 0) is 16.2 Å². The number of likely N-dealkylation sites (N-methyl/N-ethyl adjacent to an activating group) is 1. The molecule has 0 radical (unpaired) electrons. The average Bonchev–Trinajstić information content (AvgIpc) is 2.69. The Morgan fingerprint density at radius 2 is 1.88 bits per heavy atom. The van der Waals surface area contributed by atoms with Gasteiger partial charge in [-0.3, -0.25) is 4.79 Å². The normalized spacial score (nSPS) is 10.6. The van der Waals surface area contributed by atoms with Crippen LogP contribution in [0.25, 0.3) is 0 Å². The number of amides is 1. The minimum Gasteiger partial charge on any atom is -0.489 e. The maximum atomic E-state index is 12.1. The summed E-state index contributed by atoms with van der Waals surface area (Å²) in [6, 6.07) is 14.5. The van der Waals surface area contributed by atoms with Gasteiger partial charge in [-0.25, -0.2) is 0 Å². The van der Waals surface area contributed by atoms with E-state index in [9.17, 15) is 4.79 Å². The van der Waals surface area contributed by atoms with Crippen molar-refractivity contribution >= 4 is 11.6 Å². The number of carbonyl (C=O) groups is 1. The lowest BCUT2D eigenvalue weighted by atomic mass is 10.0. The summed E-state index contributed by atoms with van der Waals surface area (Å²) in [5.74, 6) is 3.32. The second-order valence-electron chi connectivity index (χ2n) is 5.12. The van der Waals surface area contributed by atoms with Crippen LogP contribution in [0.1, 0.15) is 11.1 Å². The van der Waals surface area contributed by atoms with Crippen LogP contribution in [-0.4, -0.2) is 32.4 Å². The first kappa shape index (κ1) is 18.9. The molecule has 0 aliphatic rings. The zero-order valence-electron chi connectivity index (χ0n) is 14.7. The Morgan fingerprint density at radius 1 is 1.15 bits per heavy atom. The minimum atomic E-state index is -0.344. The van der Waals surface area contributed by atoms with Crippen LogP contribution in [0, 0.1) is 12.3 Å². The van der Waals surface area contributed by atoms with E-state index in [-0.39, 0.29) is 24.8 Å². The highest BCUT2D eigenvalue weighted by Gasteiger charge is 2.17. The topological polar surface area (TPSA) is 69.1 Å². The summed E-state index contributed by atoms with van der Waals surface area (Å²) in [7, 11) is 2.93. The fourth-order valence-electron chi connectivity index (χ4n) is 2.24. The molecular formula is C20H20N2O4. The molecular weight excluding hydrogens is 332 g/mol. The van der Waals surface area contributed by atoms with Gasteiger partial charge in [-0.05, 0) is 17.7 Å². The fraction of sp³-hybridized carbons (Fsp3) is 0.200. The molecule has 2 aromatic rings. The van der Waals surface area contributed by atoms with E-state index in [1.807, 2.05) is 30.3 Å². The molecule has 2 rings (SSSR count). The minimum absolute atomic E-state index is 0.181. The summed E-state index contributed by atoms with van der Waals surface area (Å²) in [5.41, 5.74) is 1.61. The molecule has 0 aromatic heterocycles. The lowest BCUT2D eigenvalue weighted by Crippen LogP contribution is -2.29. The van der Waals surface area contributed by atoms with Gasteiger partial charge in [-0.1, -0.05) is 41.4 Å². The average molecular weight is 352 g/mol. The van der Waals surface area contributed by atoms with Crippen molar-refractivity contribution < 1.29 is 19.1 Å². The van der Waals surface area contributed by atoms with E-state index < -0.39 is 0 Å². The summed E-state index contributed by atoms with van der Waals surface area (Å²) in [6.07, 6.45) is 5.19. The summed E-state index contributed by atoms with van der Waals surface area (Å²) in [4.78, 5) is 16.9. The molecule has 0 aliphatic carbocycles. The Labute approximate surface area is 152 Å². The molecule has 0 atom stereocenters. The lowest BCUT2D eigenvalue weighted by Gasteiger charge is -2.12. The number of ether oxygens (including phenoxy) is 2. The van der Waals surface area contributed by atoms with Crippen molar-refractivity contribution in [1.29, 1.82) is 0 Å². The van der Waals surface area contributed by atoms with Crippen LogP contribution in [0.3, 0.4) is 0 Å². The molecule has 0 unspecified atom stereocenters. The highest BCUT2D eigenvalue weighted by Crippen LogP contribution is 2.21. The smallest absolute Gasteiger partial charge is 0.273 e. The first-order valence-corrected chi connectivity index (χ1v) is 7.90. The van der Waals surface area contributed by atoms with Gasteiger partial charge in [-0.2, -0.15) is 0 Å². The van der Waals surface area contributed by atoms with Crippen molar-refractivity contribution in [1.82, 2.24) is 5.32 Å². The van der Waals surface area contributed by atoms with Crippen molar-refractivity contribution in [3.8, 4) is 23.8 Å². The SMILES string of the molecule is C#CCOc1cccc(OCc2ccccc2C(=NOC)C(=O)NC)c1. The molecule has 1 N–H and O–H groups in total. The molecule has 0 bridgehead atoms. The monoisotopic (exact) mass is 352 g/mol. The number of nitrogens with zero attached hydrogens (tertiary/aromatic N) is 1. The van der Waals surface area contributed by atoms with Gasteiger partial charge in [0.1, 0.15) is 31.8 Å². The maximum Gasteiger partial charge on any atom is 0.273 e. The van der Waals surface area contributed by atoms with Gasteiger partial charge in [0, 0.05) is 18.7 Å². The van der Waals surface area contributed by atoms with Gasteiger partial charge in [0.25, 0.3) is 5.91 Å². The number of hydrogen-bond donors (Lipinski definition) is 1. The first-order chi connectivity index (χ1) is 12.7. The van der Waals surface area contributed by atoms with Crippen molar-refractivity contribution in [2.24, 2.45) is 5.16 Å². The third kappa shape index (κ3) is 5.02. The van der Waals surface area contributed by atoms with Gasteiger partial charge >= 0.3 is 0 Å². The van der Waals surface area contributed by atoms with Crippen LogP contribution < -0.4 is 14.8 Å². The van der Waals surface area contributed by atoms with E-state index >= 15 is 0 Å². The maximum absolute atomic E-state index is 12.1. The van der Waals surface area contributed by atoms with Crippen molar-refractivity contribution in [2.75, 3.05) is 20.8 Å². The number of terminal acetylenes is 1. The molecule has 0 fully saturated rings. The number of benzene rings is 2. The molecule has 0 heterocycles. The second-order valence-corrected chi connectivity index (χ2v) is 5.12. The predicted molar refractivity (Wildman–Crippen MR) is 99.2 cm³/mol. The highest BCUT2D eigenvalue weighted by molar-refractivity contribution is 6.45. The van der Waals surface area contributed by atoms with Gasteiger partial charge in [0.2, 0.25) is 0 Å². The summed E-state index contributed by atoms with van der Waals surface area (Å²) >= 11 is 0. The summed E-state index contributed by atoms with van der Waals surface area (Å²) in [6.45, 7) is 0.434.